The third-order valence-electron chi connectivity index (χ3n) is 6.00. The van der Waals surface area contributed by atoms with Crippen LogP contribution in [0.3, 0.4) is 0 Å². The van der Waals surface area contributed by atoms with Gasteiger partial charge >= 0.3 is 0 Å². The smallest absolute Gasteiger partial charge is 0.255 e. The van der Waals surface area contributed by atoms with Crippen LogP contribution in [0.1, 0.15) is 63.3 Å². The normalized spacial score (nSPS) is 31.7. The highest BCUT2D eigenvalue weighted by Gasteiger charge is 2.40. The van der Waals surface area contributed by atoms with Gasteiger partial charge in [0.2, 0.25) is 11.8 Å². The van der Waals surface area contributed by atoms with Crippen molar-refractivity contribution in [2.45, 2.75) is 64.5 Å². The first-order chi connectivity index (χ1) is 19.9. The summed E-state index contributed by atoms with van der Waals surface area (Å²) in [4.78, 5) is 39.5. The Bertz CT molecular complexity index is 1500. The molecule has 3 aliphatic rings. The largest absolute Gasteiger partial charge is 0.488 e. The van der Waals surface area contributed by atoms with Crippen LogP contribution in [-0.4, -0.2) is 58.8 Å². The second kappa shape index (κ2) is 9.99. The van der Waals surface area contributed by atoms with Gasteiger partial charge in [0.25, 0.3) is 5.91 Å². The number of fused-ring (bicyclic) bond motifs is 1. The summed E-state index contributed by atoms with van der Waals surface area (Å²) in [7, 11) is 0. The molecule has 2 fully saturated rings. The topological polar surface area (TPSA) is 88.2 Å². The van der Waals surface area contributed by atoms with Crippen molar-refractivity contribution in [1.29, 1.82) is 0 Å². The zero-order chi connectivity index (χ0) is 31.7. The van der Waals surface area contributed by atoms with E-state index in [0.29, 0.717) is 4.90 Å². The highest BCUT2D eigenvalue weighted by molar-refractivity contribution is 6.05. The van der Waals surface area contributed by atoms with Crippen LogP contribution in [0.5, 0.6) is 5.75 Å². The standard InChI is InChI=1S/C27H30FN3O5/c1-16-11-30(12-17(2)36-16)13-18-6-7-19(22(28)10-18)15-35-24-5-3-4-20-21(24)14-31(27(20)34)23-8-9-25(32)29-26(23)33/h3-7,10,16-17,23H,8-9,11-15H2,1-2H3,(H,29,32,33)/i13D2,14D2,15D2,23D. The Hall–Kier alpha value is -3.30. The second-order valence-electron chi connectivity index (χ2n) is 8.93. The van der Waals surface area contributed by atoms with E-state index in [1.165, 1.54) is 29.2 Å². The van der Waals surface area contributed by atoms with E-state index in [9.17, 15) is 14.4 Å². The molecule has 1 N–H and O–H groups in total. The third-order valence-corrected chi connectivity index (χ3v) is 6.00. The van der Waals surface area contributed by atoms with Crippen molar-refractivity contribution in [2.24, 2.45) is 0 Å². The molecular weight excluding hydrogens is 465 g/mol. The van der Waals surface area contributed by atoms with Gasteiger partial charge in [-0.25, -0.2) is 4.39 Å². The van der Waals surface area contributed by atoms with Gasteiger partial charge in [0.05, 0.1) is 25.6 Å². The van der Waals surface area contributed by atoms with Crippen LogP contribution < -0.4 is 10.1 Å². The predicted molar refractivity (Wildman–Crippen MR) is 129 cm³/mol. The number of nitrogens with zero attached hydrogens (tertiary/aromatic N) is 2. The summed E-state index contributed by atoms with van der Waals surface area (Å²) >= 11 is 0. The SMILES string of the molecule is [2H]C([2H])(Oc1cccc2c1C([2H])([2H])N(C1([2H])CCC(=O)NC1=O)C2=O)c1ccc(C([2H])([2H])N2CC(C)OC(C)C2)cc1F. The minimum absolute atomic E-state index is 0.0472. The fourth-order valence-electron chi connectivity index (χ4n) is 4.43. The molecule has 190 valence electrons. The van der Waals surface area contributed by atoms with Crippen LogP contribution in [0, 0.1) is 5.82 Å². The Morgan fingerprint density at radius 2 is 2.00 bits per heavy atom. The molecule has 36 heavy (non-hydrogen) atoms. The van der Waals surface area contributed by atoms with Crippen molar-refractivity contribution >= 4 is 17.7 Å². The van der Waals surface area contributed by atoms with Gasteiger partial charge in [-0.05, 0) is 44.0 Å². The Balaban J connectivity index is 1.45. The minimum Gasteiger partial charge on any atom is -0.488 e. The van der Waals surface area contributed by atoms with E-state index in [1.54, 1.807) is 13.8 Å². The van der Waals surface area contributed by atoms with Gasteiger partial charge in [-0.2, -0.15) is 0 Å². The maximum Gasteiger partial charge on any atom is 0.255 e. The van der Waals surface area contributed by atoms with Gasteiger partial charge in [-0.1, -0.05) is 18.2 Å². The molecule has 0 spiro atoms. The molecule has 3 aliphatic heterocycles. The van der Waals surface area contributed by atoms with Crippen molar-refractivity contribution in [1.82, 2.24) is 15.1 Å². The van der Waals surface area contributed by atoms with Gasteiger partial charge in [0.15, 0.2) is 0 Å². The summed E-state index contributed by atoms with van der Waals surface area (Å²) < 4.78 is 87.1. The van der Waals surface area contributed by atoms with Gasteiger partial charge in [-0.3, -0.25) is 24.6 Å². The number of imide groups is 1. The van der Waals surface area contributed by atoms with Crippen LogP contribution in [-0.2, 0) is 33.9 Å². The first-order valence-corrected chi connectivity index (χ1v) is 11.6. The highest BCUT2D eigenvalue weighted by atomic mass is 19.1. The number of carbonyl (C=O) groups is 3. The number of morpholine rings is 1. The van der Waals surface area contributed by atoms with Gasteiger partial charge in [-0.15, -0.1) is 0 Å². The molecular formula is C27H30FN3O5. The van der Waals surface area contributed by atoms with Crippen LogP contribution >= 0.6 is 0 Å². The van der Waals surface area contributed by atoms with Crippen molar-refractivity contribution in [3.63, 3.8) is 0 Å². The number of halogens is 1. The van der Waals surface area contributed by atoms with Crippen LogP contribution in [0.4, 0.5) is 4.39 Å². The lowest BCUT2D eigenvalue weighted by Crippen LogP contribution is -2.52. The summed E-state index contributed by atoms with van der Waals surface area (Å²) in [5.74, 6) is -4.44. The summed E-state index contributed by atoms with van der Waals surface area (Å²) in [6.07, 6.45) is -1.25. The predicted octanol–water partition coefficient (Wildman–Crippen LogP) is 2.77. The number of nitrogens with one attached hydrogen (secondary N) is 1. The molecule has 3 heterocycles. The van der Waals surface area contributed by atoms with E-state index in [1.807, 2.05) is 5.32 Å². The number of piperidine rings is 1. The van der Waals surface area contributed by atoms with Crippen LogP contribution in [0.2, 0.25) is 0 Å². The average Bonchev–Trinajstić information content (AvgIpc) is 3.11. The third kappa shape index (κ3) is 4.99. The van der Waals surface area contributed by atoms with Crippen molar-refractivity contribution < 1.29 is 37.8 Å². The second-order valence-corrected chi connectivity index (χ2v) is 8.93. The molecule has 0 aliphatic carbocycles. The molecule has 3 amide bonds. The van der Waals surface area contributed by atoms with Crippen LogP contribution in [0.15, 0.2) is 36.4 Å². The summed E-state index contributed by atoms with van der Waals surface area (Å²) in [6.45, 7) is -3.73. The van der Waals surface area contributed by atoms with Gasteiger partial charge in [0.1, 0.15) is 24.1 Å². The maximum atomic E-state index is 15.5. The van der Waals surface area contributed by atoms with E-state index in [4.69, 9.17) is 19.1 Å². The molecule has 0 aromatic heterocycles. The van der Waals surface area contributed by atoms with Crippen molar-refractivity contribution in [3.05, 3.63) is 64.5 Å². The molecule has 0 saturated carbocycles. The molecule has 8 nitrogen and oxygen atoms in total. The zero-order valence-electron chi connectivity index (χ0n) is 26.8. The number of rotatable bonds is 6. The summed E-state index contributed by atoms with van der Waals surface area (Å²) in [5, 5.41) is 1.96. The number of ether oxygens (including phenoxy) is 2. The molecule has 9 heteroatoms. The Labute approximate surface area is 219 Å². The van der Waals surface area contributed by atoms with Crippen molar-refractivity contribution in [3.8, 4) is 5.75 Å². The molecule has 0 radical (unpaired) electrons. The van der Waals surface area contributed by atoms with Gasteiger partial charge in [0, 0.05) is 45.4 Å². The van der Waals surface area contributed by atoms with E-state index >= 15 is 4.39 Å². The number of benzene rings is 2. The Morgan fingerprint density at radius 1 is 1.22 bits per heavy atom. The molecule has 2 aromatic rings. The molecule has 3 atom stereocenters. The van der Waals surface area contributed by atoms with E-state index < -0.39 is 72.4 Å². The monoisotopic (exact) mass is 502 g/mol. The average molecular weight is 503 g/mol. The molecule has 2 saturated heterocycles. The van der Waals surface area contributed by atoms with E-state index in [2.05, 4.69) is 0 Å². The highest BCUT2D eigenvalue weighted by Crippen LogP contribution is 2.34. The molecule has 3 unspecified atom stereocenters. The Morgan fingerprint density at radius 3 is 2.72 bits per heavy atom. The number of carbonyl (C=O) groups excluding carboxylic acids is 3. The lowest BCUT2D eigenvalue weighted by molar-refractivity contribution is -0.136. The number of hydrogen-bond donors (Lipinski definition) is 1. The van der Waals surface area contributed by atoms with E-state index in [-0.39, 0.29) is 42.8 Å². The van der Waals surface area contributed by atoms with Crippen LogP contribution in [0.25, 0.3) is 0 Å². The fourth-order valence-corrected chi connectivity index (χ4v) is 4.43. The first kappa shape index (κ1) is 17.2. The lowest BCUT2D eigenvalue weighted by Gasteiger charge is -2.35. The lowest BCUT2D eigenvalue weighted by atomic mass is 10.0. The number of hydrogen-bond acceptors (Lipinski definition) is 6. The van der Waals surface area contributed by atoms with Crippen molar-refractivity contribution in [2.75, 3.05) is 13.1 Å². The first-order valence-electron chi connectivity index (χ1n) is 15.1. The zero-order valence-corrected chi connectivity index (χ0v) is 19.8. The summed E-state index contributed by atoms with van der Waals surface area (Å²) in [5.41, 5.74) is -1.39. The quantitative estimate of drug-likeness (QED) is 0.612. The molecule has 2 aromatic carbocycles. The van der Waals surface area contributed by atoms with E-state index in [0.717, 1.165) is 12.1 Å². The number of amides is 3. The molecule has 5 rings (SSSR count). The molecule has 0 bridgehead atoms. The minimum atomic E-state index is -2.92. The Kier molecular flexibility index (Phi) is 4.77. The maximum absolute atomic E-state index is 15.5. The fraction of sp³-hybridized carbons (Fsp3) is 0.444. The summed E-state index contributed by atoms with van der Waals surface area (Å²) in [6, 6.07) is 4.41. The van der Waals surface area contributed by atoms with Gasteiger partial charge < -0.3 is 14.4 Å².